The fraction of sp³-hybridized carbons (Fsp3) is 0.200. The number of ether oxygens (including phenoxy) is 1. The zero-order valence-electron chi connectivity index (χ0n) is 16.9. The molecule has 5 nitrogen and oxygen atoms in total. The summed E-state index contributed by atoms with van der Waals surface area (Å²) in [5.74, 6) is 0.520. The van der Waals surface area contributed by atoms with Crippen LogP contribution in [0.1, 0.15) is 41.6 Å². The van der Waals surface area contributed by atoms with E-state index in [2.05, 4.69) is 52.4 Å². The molecule has 1 spiro atoms. The predicted octanol–water partition coefficient (Wildman–Crippen LogP) is 5.36. The van der Waals surface area contributed by atoms with Gasteiger partial charge in [0.15, 0.2) is 0 Å². The van der Waals surface area contributed by atoms with E-state index in [9.17, 15) is 4.79 Å². The van der Waals surface area contributed by atoms with Gasteiger partial charge in [0.25, 0.3) is 5.91 Å². The van der Waals surface area contributed by atoms with Crippen molar-refractivity contribution in [2.75, 3.05) is 5.32 Å². The number of carbonyl (C=O) groups is 1. The van der Waals surface area contributed by atoms with Crippen LogP contribution < -0.4 is 10.1 Å². The van der Waals surface area contributed by atoms with Crippen molar-refractivity contribution in [2.24, 2.45) is 5.10 Å². The molecule has 0 aliphatic carbocycles. The number of hydrogen-bond acceptors (Lipinski definition) is 4. The number of aryl methyl sites for hydroxylation is 1. The molecular weight excluding hydrogens is 454 g/mol. The Bertz CT molecular complexity index is 1260. The molecule has 1 amide bonds. The first-order chi connectivity index (χ1) is 15.1. The molecule has 6 heteroatoms. The molecule has 3 aliphatic rings. The van der Waals surface area contributed by atoms with Crippen LogP contribution in [0.5, 0.6) is 5.75 Å². The minimum Gasteiger partial charge on any atom is -0.453 e. The first-order valence-electron chi connectivity index (χ1n) is 10.5. The van der Waals surface area contributed by atoms with Crippen LogP contribution in [0.4, 0.5) is 5.69 Å². The van der Waals surface area contributed by atoms with Gasteiger partial charge in [-0.1, -0.05) is 59.3 Å². The van der Waals surface area contributed by atoms with Crippen LogP contribution >= 0.6 is 15.9 Å². The Kier molecular flexibility index (Phi) is 4.02. The van der Waals surface area contributed by atoms with Gasteiger partial charge >= 0.3 is 5.72 Å². The molecule has 0 unspecified atom stereocenters. The van der Waals surface area contributed by atoms with E-state index in [4.69, 9.17) is 9.84 Å². The van der Waals surface area contributed by atoms with Gasteiger partial charge in [0.2, 0.25) is 0 Å². The topological polar surface area (TPSA) is 53.9 Å². The van der Waals surface area contributed by atoms with Gasteiger partial charge in [-0.05, 0) is 47.9 Å². The number of hydrogen-bond donors (Lipinski definition) is 1. The Morgan fingerprint density at radius 3 is 2.81 bits per heavy atom. The molecule has 0 saturated heterocycles. The molecule has 3 aromatic rings. The maximum atomic E-state index is 13.5. The molecular formula is C25H20BrN3O2. The van der Waals surface area contributed by atoms with Crippen molar-refractivity contribution in [2.45, 2.75) is 31.5 Å². The lowest BCUT2D eigenvalue weighted by molar-refractivity contribution is -0.161. The third kappa shape index (κ3) is 2.61. The third-order valence-electron chi connectivity index (χ3n) is 6.34. The summed E-state index contributed by atoms with van der Waals surface area (Å²) >= 11 is 3.59. The third-order valence-corrected chi connectivity index (χ3v) is 6.84. The van der Waals surface area contributed by atoms with E-state index in [1.165, 1.54) is 0 Å². The lowest BCUT2D eigenvalue weighted by Gasteiger charge is -2.44. The van der Waals surface area contributed by atoms with Crippen LogP contribution in [0.15, 0.2) is 76.3 Å². The van der Waals surface area contributed by atoms with Gasteiger partial charge in [0, 0.05) is 16.5 Å². The minimum atomic E-state index is -1.32. The van der Waals surface area contributed by atoms with Crippen LogP contribution in [0, 0.1) is 0 Å². The maximum absolute atomic E-state index is 13.5. The molecule has 154 valence electrons. The molecule has 0 radical (unpaired) electrons. The average molecular weight is 474 g/mol. The van der Waals surface area contributed by atoms with Gasteiger partial charge < -0.3 is 10.1 Å². The lowest BCUT2D eigenvalue weighted by Crippen LogP contribution is -2.55. The van der Waals surface area contributed by atoms with Crippen LogP contribution in [0.3, 0.4) is 0 Å². The van der Waals surface area contributed by atoms with Gasteiger partial charge in [0.1, 0.15) is 5.75 Å². The van der Waals surface area contributed by atoms with Crippen LogP contribution in [-0.4, -0.2) is 16.6 Å². The molecule has 0 saturated carbocycles. The molecule has 2 atom stereocenters. The van der Waals surface area contributed by atoms with Gasteiger partial charge in [0.05, 0.1) is 23.0 Å². The van der Waals surface area contributed by atoms with E-state index in [0.29, 0.717) is 6.42 Å². The first kappa shape index (κ1) is 18.6. The van der Waals surface area contributed by atoms with Gasteiger partial charge in [-0.2, -0.15) is 5.10 Å². The Balaban J connectivity index is 1.59. The quantitative estimate of drug-likeness (QED) is 0.544. The summed E-state index contributed by atoms with van der Waals surface area (Å²) in [4.78, 5) is 13.5. The highest BCUT2D eigenvalue weighted by molar-refractivity contribution is 9.10. The summed E-state index contributed by atoms with van der Waals surface area (Å²) in [6, 6.07) is 22.1. The van der Waals surface area contributed by atoms with Crippen LogP contribution in [-0.2, 0) is 16.9 Å². The number of benzene rings is 3. The molecule has 1 N–H and O–H groups in total. The number of halogens is 1. The Hall–Kier alpha value is -3.12. The van der Waals surface area contributed by atoms with Crippen molar-refractivity contribution in [3.63, 3.8) is 0 Å². The van der Waals surface area contributed by atoms with Gasteiger partial charge in [-0.3, -0.25) is 4.79 Å². The zero-order valence-corrected chi connectivity index (χ0v) is 18.5. The van der Waals surface area contributed by atoms with Crippen LogP contribution in [0.25, 0.3) is 0 Å². The van der Waals surface area contributed by atoms with Crippen molar-refractivity contribution in [3.05, 3.63) is 93.5 Å². The minimum absolute atomic E-state index is 0.0987. The zero-order chi connectivity index (χ0) is 21.2. The number of amides is 1. The summed E-state index contributed by atoms with van der Waals surface area (Å²) in [6.45, 7) is 2.11. The fourth-order valence-corrected chi connectivity index (χ4v) is 5.16. The average Bonchev–Trinajstić information content (AvgIpc) is 3.36. The summed E-state index contributed by atoms with van der Waals surface area (Å²) in [5.41, 5.74) is 4.49. The summed E-state index contributed by atoms with van der Waals surface area (Å²) in [6.07, 6.45) is 1.58. The number of hydrazone groups is 1. The molecule has 0 aromatic heterocycles. The summed E-state index contributed by atoms with van der Waals surface area (Å²) in [7, 11) is 0. The van der Waals surface area contributed by atoms with Crippen molar-refractivity contribution >= 4 is 33.2 Å². The Labute approximate surface area is 188 Å². The molecule has 3 aromatic carbocycles. The number of anilines is 1. The first-order valence-corrected chi connectivity index (χ1v) is 11.2. The molecule has 3 heterocycles. The lowest BCUT2D eigenvalue weighted by atomic mass is 9.91. The highest BCUT2D eigenvalue weighted by Crippen LogP contribution is 2.54. The predicted molar refractivity (Wildman–Crippen MR) is 123 cm³/mol. The maximum Gasteiger partial charge on any atom is 0.306 e. The summed E-state index contributed by atoms with van der Waals surface area (Å²) < 4.78 is 7.53. The number of fused-ring (bicyclic) bond motifs is 6. The van der Waals surface area contributed by atoms with Crippen molar-refractivity contribution < 1.29 is 9.53 Å². The Morgan fingerprint density at radius 1 is 1.16 bits per heavy atom. The second-order valence-electron chi connectivity index (χ2n) is 8.09. The SMILES string of the molecule is CCc1ccc2c(c1)[C@@]1(Oc3ccc(Br)cc3[C@H]3CC(c4ccccc4)=NN31)C(=O)N2. The van der Waals surface area contributed by atoms with Crippen molar-refractivity contribution in [1.29, 1.82) is 0 Å². The molecule has 0 bridgehead atoms. The van der Waals surface area contributed by atoms with E-state index >= 15 is 0 Å². The number of nitrogens with zero attached hydrogens (tertiary/aromatic N) is 2. The second kappa shape index (κ2) is 6.69. The van der Waals surface area contributed by atoms with Crippen molar-refractivity contribution in [1.82, 2.24) is 5.01 Å². The smallest absolute Gasteiger partial charge is 0.306 e. The second-order valence-corrected chi connectivity index (χ2v) is 9.01. The molecule has 0 fully saturated rings. The van der Waals surface area contributed by atoms with E-state index in [1.807, 2.05) is 47.5 Å². The van der Waals surface area contributed by atoms with Crippen molar-refractivity contribution in [3.8, 4) is 5.75 Å². The summed E-state index contributed by atoms with van der Waals surface area (Å²) in [5, 5.41) is 9.91. The largest absolute Gasteiger partial charge is 0.453 e. The molecule has 6 rings (SSSR count). The monoisotopic (exact) mass is 473 g/mol. The normalized spacial score (nSPS) is 23.0. The fourth-order valence-electron chi connectivity index (χ4n) is 4.79. The Morgan fingerprint density at radius 2 is 2.00 bits per heavy atom. The highest BCUT2D eigenvalue weighted by atomic mass is 79.9. The van der Waals surface area contributed by atoms with E-state index in [0.717, 1.165) is 50.3 Å². The number of rotatable bonds is 2. The highest BCUT2D eigenvalue weighted by Gasteiger charge is 2.60. The van der Waals surface area contributed by atoms with Gasteiger partial charge in [-0.25, -0.2) is 5.01 Å². The molecule has 31 heavy (non-hydrogen) atoms. The standard InChI is InChI=1S/C25H20BrN3O2/c1-2-15-8-10-20-19(12-15)25(24(30)27-20)29-22(18-13-17(26)9-11-23(18)31-25)14-21(28-29)16-6-4-3-5-7-16/h3-13,22H,2,14H2,1H3,(H,27,30)/t22-,25-/m1/s1. The number of carbonyl (C=O) groups excluding carboxylic acids is 1. The van der Waals surface area contributed by atoms with Crippen LogP contribution in [0.2, 0.25) is 0 Å². The van der Waals surface area contributed by atoms with Gasteiger partial charge in [-0.15, -0.1) is 0 Å². The van der Waals surface area contributed by atoms with E-state index < -0.39 is 5.72 Å². The van der Waals surface area contributed by atoms with E-state index in [-0.39, 0.29) is 11.9 Å². The van der Waals surface area contributed by atoms with E-state index in [1.54, 1.807) is 0 Å². The number of nitrogens with one attached hydrogen (secondary N) is 1. The molecule has 3 aliphatic heterocycles.